The number of anilines is 1. The summed E-state index contributed by atoms with van der Waals surface area (Å²) in [6, 6.07) is 1.08. The highest BCUT2D eigenvalue weighted by atomic mass is 32.1. The molecule has 0 saturated carbocycles. The quantitative estimate of drug-likeness (QED) is 0.828. The first-order chi connectivity index (χ1) is 9.47. The normalized spacial score (nSPS) is 19.4. The lowest BCUT2D eigenvalue weighted by Gasteiger charge is -2.26. The second-order valence-corrected chi connectivity index (χ2v) is 5.91. The molecule has 0 aromatic carbocycles. The van der Waals surface area contributed by atoms with Crippen LogP contribution in [0.1, 0.15) is 24.7 Å². The molecule has 0 spiro atoms. The zero-order valence-corrected chi connectivity index (χ0v) is 11.8. The second kappa shape index (κ2) is 4.45. The molecule has 1 unspecified atom stereocenters. The third kappa shape index (κ3) is 1.90. The Labute approximate surface area is 118 Å². The number of hydrogen-bond donors (Lipinski definition) is 2. The van der Waals surface area contributed by atoms with Crippen LogP contribution < -0.4 is 16.6 Å². The molecule has 3 N–H and O–H groups in total. The average molecular weight is 290 g/mol. The van der Waals surface area contributed by atoms with Crippen LogP contribution in [0, 0.1) is 6.92 Å². The van der Waals surface area contributed by atoms with Crippen LogP contribution in [0.25, 0.3) is 10.2 Å². The maximum absolute atomic E-state index is 12.6. The molecule has 1 aliphatic rings. The molecule has 6 nitrogen and oxygen atoms in total. The number of nitrogens with two attached hydrogens (primary N) is 1. The predicted octanol–water partition coefficient (Wildman–Crippen LogP) is 1.31. The number of aromatic nitrogens is 2. The van der Waals surface area contributed by atoms with E-state index in [1.807, 2.05) is 0 Å². The van der Waals surface area contributed by atoms with Crippen LogP contribution in [0.15, 0.2) is 23.1 Å². The number of hydrogen-bond acceptors (Lipinski definition) is 5. The molecule has 2 aromatic rings. The number of nitrogen functional groups attached to an aromatic ring is 1. The van der Waals surface area contributed by atoms with Gasteiger partial charge in [-0.25, -0.2) is 4.98 Å². The number of carbonyl (C=O) groups excluding carboxylic acids is 1. The Hall–Kier alpha value is -2.15. The van der Waals surface area contributed by atoms with Crippen molar-refractivity contribution in [3.8, 4) is 0 Å². The number of allylic oxidation sites excluding steroid dienone is 1. The van der Waals surface area contributed by atoms with Crippen LogP contribution in [0.3, 0.4) is 0 Å². The monoisotopic (exact) mass is 290 g/mol. The highest BCUT2D eigenvalue weighted by Crippen LogP contribution is 2.26. The molecule has 2 aromatic heterocycles. The van der Waals surface area contributed by atoms with Gasteiger partial charge in [-0.05, 0) is 25.8 Å². The van der Waals surface area contributed by atoms with E-state index in [1.165, 1.54) is 15.9 Å². The first kappa shape index (κ1) is 12.9. The minimum atomic E-state index is -0.536. The lowest BCUT2D eigenvalue weighted by Crippen LogP contribution is -2.41. The third-order valence-electron chi connectivity index (χ3n) is 3.43. The van der Waals surface area contributed by atoms with Crippen molar-refractivity contribution in [1.82, 2.24) is 14.9 Å². The summed E-state index contributed by atoms with van der Waals surface area (Å²) in [7, 11) is 0. The molecule has 7 heteroatoms. The Kier molecular flexibility index (Phi) is 2.86. The van der Waals surface area contributed by atoms with Gasteiger partial charge in [0.2, 0.25) is 5.91 Å². The van der Waals surface area contributed by atoms with Crippen LogP contribution in [-0.2, 0) is 4.79 Å². The van der Waals surface area contributed by atoms with Crippen molar-refractivity contribution in [3.63, 3.8) is 0 Å². The lowest BCUT2D eigenvalue weighted by molar-refractivity contribution is -0.124. The van der Waals surface area contributed by atoms with Crippen molar-refractivity contribution in [2.75, 3.05) is 5.73 Å². The second-order valence-electron chi connectivity index (χ2n) is 4.85. The lowest BCUT2D eigenvalue weighted by atomic mass is 10.0. The third-order valence-corrected chi connectivity index (χ3v) is 4.28. The van der Waals surface area contributed by atoms with E-state index in [0.29, 0.717) is 39.6 Å². The number of amides is 1. The number of aryl methyl sites for hydroxylation is 1. The predicted molar refractivity (Wildman–Crippen MR) is 78.6 cm³/mol. The topological polar surface area (TPSA) is 90.0 Å². The van der Waals surface area contributed by atoms with Gasteiger partial charge in [0.1, 0.15) is 16.7 Å². The first-order valence-electron chi connectivity index (χ1n) is 6.24. The molecule has 0 aliphatic carbocycles. The summed E-state index contributed by atoms with van der Waals surface area (Å²) in [5.41, 5.74) is 6.19. The van der Waals surface area contributed by atoms with Crippen molar-refractivity contribution in [2.45, 2.75) is 25.8 Å². The van der Waals surface area contributed by atoms with E-state index >= 15 is 0 Å². The van der Waals surface area contributed by atoms with Gasteiger partial charge >= 0.3 is 0 Å². The summed E-state index contributed by atoms with van der Waals surface area (Å²) in [6.45, 7) is 5.47. The fourth-order valence-electron chi connectivity index (χ4n) is 2.49. The van der Waals surface area contributed by atoms with Crippen molar-refractivity contribution >= 4 is 32.5 Å². The van der Waals surface area contributed by atoms with Crippen molar-refractivity contribution in [3.05, 3.63) is 34.5 Å². The van der Waals surface area contributed by atoms with Crippen LogP contribution in [0.4, 0.5) is 5.00 Å². The first-order valence-corrected chi connectivity index (χ1v) is 7.06. The van der Waals surface area contributed by atoms with Crippen LogP contribution in [0.2, 0.25) is 0 Å². The Balaban J connectivity index is 2.18. The Morgan fingerprint density at radius 1 is 1.55 bits per heavy atom. The number of carbonyl (C=O) groups is 1. The smallest absolute Gasteiger partial charge is 0.263 e. The van der Waals surface area contributed by atoms with Gasteiger partial charge < -0.3 is 11.1 Å². The Morgan fingerprint density at radius 3 is 3.00 bits per heavy atom. The molecule has 0 radical (unpaired) electrons. The fraction of sp³-hybridized carbons (Fsp3) is 0.308. The van der Waals surface area contributed by atoms with Gasteiger partial charge in [0, 0.05) is 5.70 Å². The molecule has 1 fully saturated rings. The van der Waals surface area contributed by atoms with Crippen molar-refractivity contribution < 1.29 is 4.79 Å². The highest BCUT2D eigenvalue weighted by Gasteiger charge is 2.28. The van der Waals surface area contributed by atoms with Gasteiger partial charge in [0.05, 0.1) is 10.4 Å². The van der Waals surface area contributed by atoms with Gasteiger partial charge in [-0.3, -0.25) is 14.2 Å². The van der Waals surface area contributed by atoms with E-state index in [2.05, 4.69) is 16.9 Å². The summed E-state index contributed by atoms with van der Waals surface area (Å²) in [5.74, 6) is 0.313. The summed E-state index contributed by atoms with van der Waals surface area (Å²) in [5, 5.41) is 3.71. The highest BCUT2D eigenvalue weighted by molar-refractivity contribution is 7.22. The van der Waals surface area contributed by atoms with Gasteiger partial charge in [-0.15, -0.1) is 0 Å². The summed E-state index contributed by atoms with van der Waals surface area (Å²) in [6.07, 6.45) is 1.21. The minimum absolute atomic E-state index is 0.212. The van der Waals surface area contributed by atoms with Gasteiger partial charge in [-0.1, -0.05) is 17.9 Å². The Morgan fingerprint density at radius 2 is 2.30 bits per heavy atom. The molecule has 1 aliphatic heterocycles. The number of rotatable bonds is 1. The summed E-state index contributed by atoms with van der Waals surface area (Å²) < 4.78 is 1.45. The zero-order valence-electron chi connectivity index (χ0n) is 11.0. The van der Waals surface area contributed by atoms with Crippen molar-refractivity contribution in [1.29, 1.82) is 0 Å². The van der Waals surface area contributed by atoms with Gasteiger partial charge in [-0.2, -0.15) is 0 Å². The number of nitrogens with one attached hydrogen (secondary N) is 1. The maximum atomic E-state index is 12.6. The molecule has 104 valence electrons. The minimum Gasteiger partial charge on any atom is -0.391 e. The molecular weight excluding hydrogens is 276 g/mol. The van der Waals surface area contributed by atoms with E-state index < -0.39 is 6.04 Å². The number of fused-ring (bicyclic) bond motifs is 1. The van der Waals surface area contributed by atoms with E-state index in [9.17, 15) is 9.59 Å². The molecule has 1 atom stereocenters. The largest absolute Gasteiger partial charge is 0.391 e. The van der Waals surface area contributed by atoms with E-state index in [-0.39, 0.29) is 11.5 Å². The van der Waals surface area contributed by atoms with Gasteiger partial charge in [0.15, 0.2) is 0 Å². The van der Waals surface area contributed by atoms with Crippen LogP contribution in [0.5, 0.6) is 0 Å². The zero-order chi connectivity index (χ0) is 14.4. The molecule has 1 amide bonds. The molecule has 1 saturated heterocycles. The molecular formula is C13H14N4O2S. The van der Waals surface area contributed by atoms with Gasteiger partial charge in [0.25, 0.3) is 5.56 Å². The number of nitrogens with zero attached hydrogens (tertiary/aromatic N) is 2. The summed E-state index contributed by atoms with van der Waals surface area (Å²) >= 11 is 1.28. The Bertz CT molecular complexity index is 790. The average Bonchev–Trinajstić information content (AvgIpc) is 2.72. The van der Waals surface area contributed by atoms with E-state index in [4.69, 9.17) is 5.73 Å². The van der Waals surface area contributed by atoms with Crippen LogP contribution >= 0.6 is 11.3 Å². The summed E-state index contributed by atoms with van der Waals surface area (Å²) in [4.78, 5) is 29.6. The molecule has 20 heavy (non-hydrogen) atoms. The molecule has 3 heterocycles. The molecule has 0 bridgehead atoms. The molecule has 3 rings (SSSR count). The van der Waals surface area contributed by atoms with E-state index in [0.717, 1.165) is 0 Å². The SMILES string of the molecule is C=C1CCC(n2c(C)nc3sc(N)cc3c2=O)C(=O)N1. The number of thiophene rings is 1. The maximum Gasteiger partial charge on any atom is 0.263 e. The van der Waals surface area contributed by atoms with E-state index in [1.54, 1.807) is 13.0 Å². The van der Waals surface area contributed by atoms with Crippen molar-refractivity contribution in [2.24, 2.45) is 0 Å². The fourth-order valence-corrected chi connectivity index (χ4v) is 3.32. The standard InChI is InChI=1S/C13H14N4O2S/c1-6-3-4-9(11(18)15-6)17-7(2)16-12-8(13(17)19)5-10(14)20-12/h5,9H,1,3-4,14H2,2H3,(H,15,18). The van der Waals surface area contributed by atoms with Crippen LogP contribution in [-0.4, -0.2) is 15.5 Å². The number of piperidine rings is 1.